The third kappa shape index (κ3) is 3.12. The molecule has 6 nitrogen and oxygen atoms in total. The number of hydrogen-bond acceptors (Lipinski definition) is 6. The molecule has 6 heteroatoms. The number of ether oxygens (including phenoxy) is 1. The normalized spacial score (nSPS) is 21.3. The van der Waals surface area contributed by atoms with Crippen LogP contribution >= 0.6 is 0 Å². The molecule has 1 aliphatic rings. The highest BCUT2D eigenvalue weighted by Gasteiger charge is 2.27. The Balaban J connectivity index is 1.74. The Labute approximate surface area is 123 Å². The van der Waals surface area contributed by atoms with E-state index in [4.69, 9.17) is 9.26 Å². The van der Waals surface area contributed by atoms with Crippen LogP contribution in [0.3, 0.4) is 0 Å². The molecule has 3 rings (SSSR count). The Bertz CT molecular complexity index is 573. The van der Waals surface area contributed by atoms with E-state index in [1.165, 1.54) is 0 Å². The van der Waals surface area contributed by atoms with Crippen molar-refractivity contribution < 1.29 is 14.4 Å². The van der Waals surface area contributed by atoms with Crippen LogP contribution in [0.4, 0.5) is 0 Å². The molecule has 1 aliphatic heterocycles. The molecule has 2 atom stereocenters. The molecular formula is C15H19N3O3. The van der Waals surface area contributed by atoms with E-state index in [2.05, 4.69) is 22.0 Å². The quantitative estimate of drug-likeness (QED) is 0.920. The van der Waals surface area contributed by atoms with E-state index < -0.39 is 6.10 Å². The van der Waals surface area contributed by atoms with E-state index >= 15 is 0 Å². The molecule has 0 saturated carbocycles. The minimum Gasteiger partial charge on any atom is -0.378 e. The van der Waals surface area contributed by atoms with Gasteiger partial charge in [0.2, 0.25) is 5.82 Å². The predicted molar refractivity (Wildman–Crippen MR) is 75.6 cm³/mol. The zero-order chi connectivity index (χ0) is 14.7. The lowest BCUT2D eigenvalue weighted by Gasteiger charge is -2.30. The lowest BCUT2D eigenvalue weighted by atomic mass is 10.1. The maximum atomic E-state index is 10.3. The summed E-state index contributed by atoms with van der Waals surface area (Å²) in [6, 6.07) is 9.26. The van der Waals surface area contributed by atoms with E-state index in [0.29, 0.717) is 12.4 Å². The maximum absolute atomic E-state index is 10.3. The van der Waals surface area contributed by atoms with Crippen LogP contribution in [0.1, 0.15) is 36.4 Å². The highest BCUT2D eigenvalue weighted by Crippen LogP contribution is 2.24. The average molecular weight is 289 g/mol. The lowest BCUT2D eigenvalue weighted by Crippen LogP contribution is -2.38. The van der Waals surface area contributed by atoms with Crippen molar-refractivity contribution in [3.8, 4) is 0 Å². The fraction of sp³-hybridized carbons (Fsp3) is 0.467. The molecule has 112 valence electrons. The summed E-state index contributed by atoms with van der Waals surface area (Å²) in [7, 11) is 0. The zero-order valence-corrected chi connectivity index (χ0v) is 12.0. The van der Waals surface area contributed by atoms with Gasteiger partial charge in [-0.05, 0) is 12.1 Å². The van der Waals surface area contributed by atoms with Crippen molar-refractivity contribution in [1.29, 1.82) is 0 Å². The van der Waals surface area contributed by atoms with Gasteiger partial charge in [-0.25, -0.2) is 0 Å². The van der Waals surface area contributed by atoms with Crippen molar-refractivity contribution in [2.24, 2.45) is 0 Å². The maximum Gasteiger partial charge on any atom is 0.260 e. The molecule has 1 N–H and O–H groups in total. The van der Waals surface area contributed by atoms with Crippen molar-refractivity contribution in [2.45, 2.75) is 19.1 Å². The first kappa shape index (κ1) is 14.2. The SMILES string of the molecule is CCN1CCOC(c2noc(C(O)c3ccccc3)n2)C1. The third-order valence-corrected chi connectivity index (χ3v) is 3.69. The number of aliphatic hydroxyl groups is 1. The van der Waals surface area contributed by atoms with E-state index in [1.54, 1.807) is 0 Å². The number of aromatic nitrogens is 2. The van der Waals surface area contributed by atoms with E-state index in [-0.39, 0.29) is 12.0 Å². The van der Waals surface area contributed by atoms with Crippen LogP contribution in [0.15, 0.2) is 34.9 Å². The summed E-state index contributed by atoms with van der Waals surface area (Å²) in [6.45, 7) is 5.41. The summed E-state index contributed by atoms with van der Waals surface area (Å²) >= 11 is 0. The molecule has 1 fully saturated rings. The van der Waals surface area contributed by atoms with Gasteiger partial charge in [-0.1, -0.05) is 42.4 Å². The highest BCUT2D eigenvalue weighted by molar-refractivity contribution is 5.21. The van der Waals surface area contributed by atoms with Gasteiger partial charge in [0.15, 0.2) is 6.10 Å². The van der Waals surface area contributed by atoms with Gasteiger partial charge in [0, 0.05) is 13.1 Å². The van der Waals surface area contributed by atoms with Crippen LogP contribution in [0.5, 0.6) is 0 Å². The first-order valence-corrected chi connectivity index (χ1v) is 7.18. The van der Waals surface area contributed by atoms with Gasteiger partial charge in [0.05, 0.1) is 6.61 Å². The standard InChI is InChI=1S/C15H19N3O3/c1-2-18-8-9-20-12(10-18)14-16-15(21-17-14)13(19)11-6-4-3-5-7-11/h3-7,12-13,19H,2,8-10H2,1H3. The van der Waals surface area contributed by atoms with Gasteiger partial charge >= 0.3 is 0 Å². The number of benzene rings is 1. The molecule has 2 unspecified atom stereocenters. The van der Waals surface area contributed by atoms with Crippen LogP contribution in [0, 0.1) is 0 Å². The molecule has 0 bridgehead atoms. The predicted octanol–water partition coefficient (Wildman–Crippen LogP) is 1.54. The Morgan fingerprint density at radius 2 is 2.19 bits per heavy atom. The summed E-state index contributed by atoms with van der Waals surface area (Å²) in [6.07, 6.45) is -1.10. The van der Waals surface area contributed by atoms with Gasteiger partial charge in [-0.3, -0.25) is 4.90 Å². The number of nitrogens with zero attached hydrogens (tertiary/aromatic N) is 3. The fourth-order valence-corrected chi connectivity index (χ4v) is 2.41. The van der Waals surface area contributed by atoms with Gasteiger partial charge in [0.1, 0.15) is 6.10 Å². The Hall–Kier alpha value is -1.76. The van der Waals surface area contributed by atoms with Crippen molar-refractivity contribution in [2.75, 3.05) is 26.2 Å². The second-order valence-electron chi connectivity index (χ2n) is 5.06. The number of hydrogen-bond donors (Lipinski definition) is 1. The molecule has 1 aromatic carbocycles. The number of likely N-dealkylation sites (N-methyl/N-ethyl adjacent to an activating group) is 1. The monoisotopic (exact) mass is 289 g/mol. The van der Waals surface area contributed by atoms with E-state index in [1.807, 2.05) is 30.3 Å². The van der Waals surface area contributed by atoms with Gasteiger partial charge in [-0.15, -0.1) is 0 Å². The molecule has 1 aromatic heterocycles. The second-order valence-corrected chi connectivity index (χ2v) is 5.06. The van der Waals surface area contributed by atoms with Crippen molar-refractivity contribution in [3.63, 3.8) is 0 Å². The summed E-state index contributed by atoms with van der Waals surface area (Å²) < 4.78 is 10.9. The Morgan fingerprint density at radius 3 is 2.95 bits per heavy atom. The molecule has 0 radical (unpaired) electrons. The molecular weight excluding hydrogens is 270 g/mol. The Kier molecular flexibility index (Phi) is 4.28. The summed E-state index contributed by atoms with van der Waals surface area (Å²) in [4.78, 5) is 6.58. The van der Waals surface area contributed by atoms with Crippen molar-refractivity contribution in [3.05, 3.63) is 47.6 Å². The van der Waals surface area contributed by atoms with Crippen molar-refractivity contribution in [1.82, 2.24) is 15.0 Å². The zero-order valence-electron chi connectivity index (χ0n) is 12.0. The minimum atomic E-state index is -0.904. The van der Waals surface area contributed by atoms with E-state index in [0.717, 1.165) is 25.2 Å². The first-order valence-electron chi connectivity index (χ1n) is 7.18. The highest BCUT2D eigenvalue weighted by atomic mass is 16.5. The van der Waals surface area contributed by atoms with Crippen LogP contribution < -0.4 is 0 Å². The molecule has 0 aliphatic carbocycles. The Morgan fingerprint density at radius 1 is 1.38 bits per heavy atom. The molecule has 21 heavy (non-hydrogen) atoms. The van der Waals surface area contributed by atoms with Crippen molar-refractivity contribution >= 4 is 0 Å². The second kappa shape index (κ2) is 6.34. The van der Waals surface area contributed by atoms with Crippen LogP contribution in [0.2, 0.25) is 0 Å². The molecule has 0 amide bonds. The molecule has 0 spiro atoms. The number of aliphatic hydroxyl groups excluding tert-OH is 1. The lowest BCUT2D eigenvalue weighted by molar-refractivity contribution is -0.0334. The average Bonchev–Trinajstić information content (AvgIpc) is 3.05. The van der Waals surface area contributed by atoms with Gasteiger partial charge in [-0.2, -0.15) is 4.98 Å². The van der Waals surface area contributed by atoms with Gasteiger partial charge in [0.25, 0.3) is 5.89 Å². The van der Waals surface area contributed by atoms with E-state index in [9.17, 15) is 5.11 Å². The smallest absolute Gasteiger partial charge is 0.260 e. The fourth-order valence-electron chi connectivity index (χ4n) is 2.41. The van der Waals surface area contributed by atoms with Gasteiger partial charge < -0.3 is 14.4 Å². The molecule has 2 aromatic rings. The third-order valence-electron chi connectivity index (χ3n) is 3.69. The van der Waals surface area contributed by atoms with Crippen LogP contribution in [0.25, 0.3) is 0 Å². The van der Waals surface area contributed by atoms with Crippen LogP contribution in [-0.4, -0.2) is 46.4 Å². The summed E-state index contributed by atoms with van der Waals surface area (Å²) in [5.74, 6) is 0.701. The topological polar surface area (TPSA) is 71.6 Å². The minimum absolute atomic E-state index is 0.195. The molecule has 2 heterocycles. The van der Waals surface area contributed by atoms with Crippen LogP contribution in [-0.2, 0) is 4.74 Å². The first-order chi connectivity index (χ1) is 10.3. The number of morpholine rings is 1. The molecule has 1 saturated heterocycles. The summed E-state index contributed by atoms with van der Waals surface area (Å²) in [5.41, 5.74) is 0.729. The largest absolute Gasteiger partial charge is 0.378 e. The summed E-state index contributed by atoms with van der Waals surface area (Å²) in [5, 5.41) is 14.2. The number of rotatable bonds is 4.